The molecule has 5 nitrogen and oxygen atoms in total. The van der Waals surface area contributed by atoms with Gasteiger partial charge in [0.05, 0.1) is 6.42 Å². The van der Waals surface area contributed by atoms with Crippen molar-refractivity contribution in [2.24, 2.45) is 0 Å². The van der Waals surface area contributed by atoms with Crippen molar-refractivity contribution < 1.29 is 14.3 Å². The molecule has 0 aliphatic carbocycles. The van der Waals surface area contributed by atoms with Crippen molar-refractivity contribution in [2.75, 3.05) is 13.1 Å². The summed E-state index contributed by atoms with van der Waals surface area (Å²) in [4.78, 5) is 14.9. The third-order valence-electron chi connectivity index (χ3n) is 6.78. The molecule has 1 aliphatic rings. The second-order valence-electron chi connectivity index (χ2n) is 9.75. The number of para-hydroxylation sites is 2. The van der Waals surface area contributed by atoms with E-state index in [0.29, 0.717) is 18.8 Å². The Morgan fingerprint density at radius 3 is 2.11 bits per heavy atom. The van der Waals surface area contributed by atoms with Crippen molar-refractivity contribution in [2.45, 2.75) is 38.5 Å². The maximum absolute atomic E-state index is 12.4. The molecule has 38 heavy (non-hydrogen) atoms. The van der Waals surface area contributed by atoms with E-state index < -0.39 is 0 Å². The summed E-state index contributed by atoms with van der Waals surface area (Å²) >= 11 is 0. The lowest BCUT2D eigenvalue weighted by molar-refractivity contribution is -0.121. The van der Waals surface area contributed by atoms with E-state index in [0.717, 1.165) is 55.1 Å². The number of amides is 1. The highest BCUT2D eigenvalue weighted by Crippen LogP contribution is 2.32. The molecule has 1 amide bonds. The van der Waals surface area contributed by atoms with Crippen LogP contribution in [-0.4, -0.2) is 29.9 Å². The van der Waals surface area contributed by atoms with Crippen LogP contribution in [-0.2, 0) is 24.4 Å². The van der Waals surface area contributed by atoms with Gasteiger partial charge in [-0.25, -0.2) is 0 Å². The first-order valence-electron chi connectivity index (χ1n) is 13.3. The average molecular weight is 507 g/mol. The molecule has 0 saturated carbocycles. The lowest BCUT2D eigenvalue weighted by Crippen LogP contribution is -2.44. The number of nitrogens with zero attached hydrogens (tertiary/aromatic N) is 1. The Kier molecular flexibility index (Phi) is 8.69. The predicted molar refractivity (Wildman–Crippen MR) is 150 cm³/mol. The molecule has 0 radical (unpaired) electrons. The van der Waals surface area contributed by atoms with E-state index in [1.54, 1.807) is 0 Å². The monoisotopic (exact) mass is 506 g/mol. The zero-order chi connectivity index (χ0) is 26.0. The molecular formula is C33H34N2O3. The summed E-state index contributed by atoms with van der Waals surface area (Å²) in [5, 5.41) is 3.22. The fourth-order valence-electron chi connectivity index (χ4n) is 4.78. The molecule has 0 spiro atoms. The molecule has 1 N–H and O–H groups in total. The van der Waals surface area contributed by atoms with Crippen molar-refractivity contribution >= 4 is 5.91 Å². The normalized spacial score (nSPS) is 14.1. The largest absolute Gasteiger partial charge is 0.485 e. The molecule has 1 saturated heterocycles. The predicted octanol–water partition coefficient (Wildman–Crippen LogP) is 6.38. The molecule has 4 aromatic carbocycles. The van der Waals surface area contributed by atoms with Crippen molar-refractivity contribution in [3.05, 3.63) is 126 Å². The van der Waals surface area contributed by atoms with Gasteiger partial charge in [0.25, 0.3) is 0 Å². The van der Waals surface area contributed by atoms with E-state index in [2.05, 4.69) is 34.5 Å². The van der Waals surface area contributed by atoms with Crippen LogP contribution in [0, 0.1) is 0 Å². The minimum absolute atomic E-state index is 0.104. The third-order valence-corrected chi connectivity index (χ3v) is 6.78. The Labute approximate surface area is 225 Å². The topological polar surface area (TPSA) is 50.8 Å². The van der Waals surface area contributed by atoms with Crippen LogP contribution in [0.1, 0.15) is 29.5 Å². The van der Waals surface area contributed by atoms with Crippen molar-refractivity contribution in [3.8, 4) is 17.2 Å². The summed E-state index contributed by atoms with van der Waals surface area (Å²) in [6.07, 6.45) is 2.36. The van der Waals surface area contributed by atoms with E-state index in [4.69, 9.17) is 9.47 Å². The van der Waals surface area contributed by atoms with Gasteiger partial charge < -0.3 is 14.8 Å². The van der Waals surface area contributed by atoms with Crippen LogP contribution in [0.3, 0.4) is 0 Å². The summed E-state index contributed by atoms with van der Waals surface area (Å²) in [5.74, 6) is 2.32. The first kappa shape index (κ1) is 25.6. The summed E-state index contributed by atoms with van der Waals surface area (Å²) in [6, 6.07) is 36.3. The van der Waals surface area contributed by atoms with Gasteiger partial charge in [-0.15, -0.1) is 0 Å². The van der Waals surface area contributed by atoms with Gasteiger partial charge in [0, 0.05) is 25.7 Å². The number of piperidine rings is 1. The van der Waals surface area contributed by atoms with Crippen molar-refractivity contribution in [1.82, 2.24) is 10.2 Å². The Hall–Kier alpha value is -4.09. The van der Waals surface area contributed by atoms with Gasteiger partial charge in [0.2, 0.25) is 5.91 Å². The maximum atomic E-state index is 12.4. The van der Waals surface area contributed by atoms with Gasteiger partial charge >= 0.3 is 0 Å². The Morgan fingerprint density at radius 1 is 0.737 bits per heavy atom. The Bertz CT molecular complexity index is 1300. The standard InChI is InChI=1S/C33H34N2O3/c36-33(23-26-10-3-1-4-11-26)34-29-18-20-35(21-19-29)24-28-14-9-15-30(22-28)38-32-17-8-7-16-31(32)37-25-27-12-5-2-6-13-27/h1-17,22,29H,18-21,23-25H2,(H,34,36). The smallest absolute Gasteiger partial charge is 0.224 e. The molecule has 0 unspecified atom stereocenters. The maximum Gasteiger partial charge on any atom is 0.224 e. The van der Waals surface area contributed by atoms with Crippen LogP contribution in [0.5, 0.6) is 17.2 Å². The first-order chi connectivity index (χ1) is 18.7. The number of likely N-dealkylation sites (tertiary alicyclic amines) is 1. The summed E-state index contributed by atoms with van der Waals surface area (Å²) in [6.45, 7) is 3.26. The summed E-state index contributed by atoms with van der Waals surface area (Å²) < 4.78 is 12.3. The average Bonchev–Trinajstić information content (AvgIpc) is 2.95. The first-order valence-corrected chi connectivity index (χ1v) is 13.3. The highest BCUT2D eigenvalue weighted by atomic mass is 16.5. The van der Waals surface area contributed by atoms with Gasteiger partial charge in [0.1, 0.15) is 12.4 Å². The van der Waals surface area contributed by atoms with E-state index in [9.17, 15) is 4.79 Å². The zero-order valence-corrected chi connectivity index (χ0v) is 21.6. The minimum Gasteiger partial charge on any atom is -0.485 e. The fourth-order valence-corrected chi connectivity index (χ4v) is 4.78. The molecule has 0 atom stereocenters. The summed E-state index contributed by atoms with van der Waals surface area (Å²) in [5.41, 5.74) is 3.37. The second-order valence-corrected chi connectivity index (χ2v) is 9.75. The van der Waals surface area contributed by atoms with E-state index in [-0.39, 0.29) is 11.9 Å². The van der Waals surface area contributed by atoms with Crippen molar-refractivity contribution in [1.29, 1.82) is 0 Å². The Morgan fingerprint density at radius 2 is 1.37 bits per heavy atom. The second kappa shape index (κ2) is 12.9. The van der Waals surface area contributed by atoms with Gasteiger partial charge in [-0.1, -0.05) is 84.9 Å². The van der Waals surface area contributed by atoms with E-state index in [1.165, 1.54) is 5.56 Å². The lowest BCUT2D eigenvalue weighted by atomic mass is 10.0. The van der Waals surface area contributed by atoms with Crippen LogP contribution >= 0.6 is 0 Å². The van der Waals surface area contributed by atoms with E-state index in [1.807, 2.05) is 84.9 Å². The zero-order valence-electron chi connectivity index (χ0n) is 21.6. The molecule has 5 rings (SSSR count). The number of ether oxygens (including phenoxy) is 2. The quantitative estimate of drug-likeness (QED) is 0.271. The van der Waals surface area contributed by atoms with Crippen LogP contribution in [0.25, 0.3) is 0 Å². The molecule has 5 heteroatoms. The highest BCUT2D eigenvalue weighted by molar-refractivity contribution is 5.78. The fraction of sp³-hybridized carbons (Fsp3) is 0.242. The highest BCUT2D eigenvalue weighted by Gasteiger charge is 2.21. The van der Waals surface area contributed by atoms with Gasteiger partial charge in [-0.05, 0) is 53.8 Å². The molecule has 1 aliphatic heterocycles. The third kappa shape index (κ3) is 7.46. The number of benzene rings is 4. The SMILES string of the molecule is O=C(Cc1ccccc1)NC1CCN(Cc2cccc(Oc3ccccc3OCc3ccccc3)c2)CC1. The van der Waals surface area contributed by atoms with Gasteiger partial charge in [-0.2, -0.15) is 0 Å². The van der Waals surface area contributed by atoms with Crippen LogP contribution in [0.4, 0.5) is 0 Å². The summed E-state index contributed by atoms with van der Waals surface area (Å²) in [7, 11) is 0. The number of rotatable bonds is 10. The molecule has 0 aromatic heterocycles. The van der Waals surface area contributed by atoms with E-state index >= 15 is 0 Å². The lowest BCUT2D eigenvalue weighted by Gasteiger charge is -2.32. The molecular weight excluding hydrogens is 472 g/mol. The van der Waals surface area contributed by atoms with Gasteiger partial charge in [-0.3, -0.25) is 9.69 Å². The van der Waals surface area contributed by atoms with Crippen LogP contribution in [0.15, 0.2) is 109 Å². The molecule has 194 valence electrons. The minimum atomic E-state index is 0.104. The molecule has 0 bridgehead atoms. The number of carbonyl (C=O) groups excluding carboxylic acids is 1. The molecule has 1 fully saturated rings. The number of hydrogen-bond donors (Lipinski definition) is 1. The number of nitrogens with one attached hydrogen (secondary N) is 1. The van der Waals surface area contributed by atoms with Crippen LogP contribution < -0.4 is 14.8 Å². The molecule has 4 aromatic rings. The molecule has 1 heterocycles. The number of hydrogen-bond acceptors (Lipinski definition) is 4. The van der Waals surface area contributed by atoms with Crippen LogP contribution in [0.2, 0.25) is 0 Å². The number of carbonyl (C=O) groups is 1. The Balaban J connectivity index is 1.11. The van der Waals surface area contributed by atoms with Gasteiger partial charge in [0.15, 0.2) is 11.5 Å². The van der Waals surface area contributed by atoms with Crippen molar-refractivity contribution in [3.63, 3.8) is 0 Å².